The average Bonchev–Trinajstić information content (AvgIpc) is 2.96. The summed E-state index contributed by atoms with van der Waals surface area (Å²) < 4.78 is 11.8. The number of fused-ring (bicyclic) bond motifs is 1. The van der Waals surface area contributed by atoms with Crippen LogP contribution in [0.1, 0.15) is 23.1 Å². The predicted molar refractivity (Wildman–Crippen MR) is 117 cm³/mol. The van der Waals surface area contributed by atoms with Crippen LogP contribution < -0.4 is 9.47 Å². The highest BCUT2D eigenvalue weighted by Crippen LogP contribution is 2.32. The van der Waals surface area contributed by atoms with Gasteiger partial charge in [0.2, 0.25) is 0 Å². The first-order valence-electron chi connectivity index (χ1n) is 9.97. The maximum atomic E-state index is 11.3. The number of aliphatic carboxylic acids is 1. The molecule has 30 heavy (non-hydrogen) atoms. The summed E-state index contributed by atoms with van der Waals surface area (Å²) in [5.74, 6) is 0.226. The van der Waals surface area contributed by atoms with Gasteiger partial charge in [0.05, 0.1) is 12.5 Å². The van der Waals surface area contributed by atoms with Crippen LogP contribution in [0.4, 0.5) is 0 Å². The van der Waals surface area contributed by atoms with Gasteiger partial charge in [-0.3, -0.25) is 4.79 Å². The third-order valence-electron chi connectivity index (χ3n) is 5.49. The van der Waals surface area contributed by atoms with Gasteiger partial charge in [-0.1, -0.05) is 48.0 Å². The minimum atomic E-state index is -0.776. The molecular formula is C25H23ClO4. The zero-order chi connectivity index (χ0) is 21.1. The van der Waals surface area contributed by atoms with E-state index in [1.165, 1.54) is 0 Å². The first kappa shape index (κ1) is 20.3. The maximum Gasteiger partial charge on any atom is 0.306 e. The van der Waals surface area contributed by atoms with Gasteiger partial charge in [0.1, 0.15) is 18.1 Å². The van der Waals surface area contributed by atoms with Gasteiger partial charge < -0.3 is 14.6 Å². The van der Waals surface area contributed by atoms with Gasteiger partial charge in [0.15, 0.2) is 0 Å². The molecule has 0 radical (unpaired) electrons. The summed E-state index contributed by atoms with van der Waals surface area (Å²) in [5, 5.41) is 10.1. The summed E-state index contributed by atoms with van der Waals surface area (Å²) >= 11 is 6.27. The molecule has 0 spiro atoms. The lowest BCUT2D eigenvalue weighted by atomic mass is 9.97. The lowest BCUT2D eigenvalue weighted by Gasteiger charge is -2.13. The summed E-state index contributed by atoms with van der Waals surface area (Å²) in [6.07, 6.45) is 0.988. The Morgan fingerprint density at radius 3 is 2.83 bits per heavy atom. The summed E-state index contributed by atoms with van der Waals surface area (Å²) in [7, 11) is 0. The lowest BCUT2D eigenvalue weighted by Crippen LogP contribution is -2.16. The Hall–Kier alpha value is -2.98. The molecule has 1 atom stereocenters. The van der Waals surface area contributed by atoms with Crippen molar-refractivity contribution in [3.63, 3.8) is 0 Å². The number of hydrogen-bond acceptors (Lipinski definition) is 3. The smallest absolute Gasteiger partial charge is 0.306 e. The number of carbonyl (C=O) groups is 1. The molecule has 0 unspecified atom stereocenters. The van der Waals surface area contributed by atoms with Gasteiger partial charge in [-0.25, -0.2) is 0 Å². The zero-order valence-electron chi connectivity index (χ0n) is 16.7. The highest BCUT2D eigenvalue weighted by Gasteiger charge is 2.23. The number of hydrogen-bond donors (Lipinski definition) is 1. The third-order valence-corrected chi connectivity index (χ3v) is 5.90. The fourth-order valence-electron chi connectivity index (χ4n) is 3.73. The Kier molecular flexibility index (Phi) is 5.96. The van der Waals surface area contributed by atoms with Crippen LogP contribution in [0.3, 0.4) is 0 Å². The molecule has 4 nitrogen and oxygen atoms in total. The third kappa shape index (κ3) is 4.44. The van der Waals surface area contributed by atoms with Crippen molar-refractivity contribution in [2.45, 2.75) is 26.4 Å². The van der Waals surface area contributed by atoms with Crippen molar-refractivity contribution in [2.75, 3.05) is 6.61 Å². The van der Waals surface area contributed by atoms with E-state index in [2.05, 4.69) is 18.2 Å². The summed E-state index contributed by atoms with van der Waals surface area (Å²) in [5.41, 5.74) is 5.22. The number of rotatable bonds is 5. The monoisotopic (exact) mass is 422 g/mol. The Morgan fingerprint density at radius 1 is 1.17 bits per heavy atom. The highest BCUT2D eigenvalue weighted by molar-refractivity contribution is 6.31. The maximum absolute atomic E-state index is 11.3. The fraction of sp³-hybridized carbons (Fsp3) is 0.240. The van der Waals surface area contributed by atoms with Crippen LogP contribution in [0.5, 0.6) is 11.5 Å². The topological polar surface area (TPSA) is 55.8 Å². The molecule has 3 aromatic rings. The normalized spacial score (nSPS) is 15.6. The summed E-state index contributed by atoms with van der Waals surface area (Å²) in [6, 6.07) is 19.8. The molecular weight excluding hydrogens is 400 g/mol. The molecule has 5 heteroatoms. The second-order valence-corrected chi connectivity index (χ2v) is 7.95. The Morgan fingerprint density at radius 2 is 2.00 bits per heavy atom. The first-order chi connectivity index (χ1) is 14.5. The molecule has 0 saturated carbocycles. The van der Waals surface area contributed by atoms with Gasteiger partial charge in [-0.2, -0.15) is 0 Å². The second-order valence-electron chi connectivity index (χ2n) is 7.55. The van der Waals surface area contributed by atoms with Gasteiger partial charge in [-0.15, -0.1) is 0 Å². The number of halogens is 1. The SMILES string of the molecule is Cc1c(Cl)cccc1-c1cccc(COc2ccc3c(c2)OCC[C@@H](C(=O)O)C3)c1. The number of benzene rings is 3. The van der Waals surface area contributed by atoms with Gasteiger partial charge >= 0.3 is 5.97 Å². The van der Waals surface area contributed by atoms with Crippen LogP contribution in [-0.2, 0) is 17.8 Å². The van der Waals surface area contributed by atoms with E-state index >= 15 is 0 Å². The van der Waals surface area contributed by atoms with E-state index in [1.807, 2.05) is 49.4 Å². The molecule has 1 heterocycles. The molecule has 0 aliphatic carbocycles. The van der Waals surface area contributed by atoms with E-state index in [0.717, 1.165) is 32.8 Å². The second kappa shape index (κ2) is 8.80. The quantitative estimate of drug-likeness (QED) is 0.554. The van der Waals surface area contributed by atoms with E-state index in [-0.39, 0.29) is 0 Å². The van der Waals surface area contributed by atoms with Crippen LogP contribution in [0.15, 0.2) is 60.7 Å². The summed E-state index contributed by atoms with van der Waals surface area (Å²) in [4.78, 5) is 11.3. The van der Waals surface area contributed by atoms with Crippen molar-refractivity contribution in [2.24, 2.45) is 5.92 Å². The van der Waals surface area contributed by atoms with Crippen LogP contribution in [-0.4, -0.2) is 17.7 Å². The first-order valence-corrected chi connectivity index (χ1v) is 10.3. The van der Waals surface area contributed by atoms with E-state index < -0.39 is 11.9 Å². The standard InChI is InChI=1S/C25H23ClO4/c1-16-22(6-3-7-23(16)26)18-5-2-4-17(12-18)15-30-21-9-8-19-13-20(25(27)28)10-11-29-24(19)14-21/h2-9,12,14,20H,10-11,13,15H2,1H3,(H,27,28)/t20-/m1/s1. The molecule has 0 saturated heterocycles. The van der Waals surface area contributed by atoms with E-state index in [4.69, 9.17) is 21.1 Å². The number of carboxylic acid groups (broad SMARTS) is 1. The van der Waals surface area contributed by atoms with E-state index in [1.54, 1.807) is 0 Å². The van der Waals surface area contributed by atoms with E-state index in [0.29, 0.717) is 37.6 Å². The van der Waals surface area contributed by atoms with Crippen molar-refractivity contribution in [1.29, 1.82) is 0 Å². The molecule has 154 valence electrons. The van der Waals surface area contributed by atoms with Crippen molar-refractivity contribution in [1.82, 2.24) is 0 Å². The Balaban J connectivity index is 1.49. The summed E-state index contributed by atoms with van der Waals surface area (Å²) in [6.45, 7) is 2.84. The average molecular weight is 423 g/mol. The lowest BCUT2D eigenvalue weighted by molar-refractivity contribution is -0.142. The van der Waals surface area contributed by atoms with Crippen molar-refractivity contribution in [3.8, 4) is 22.6 Å². The Bertz CT molecular complexity index is 1080. The molecule has 1 aliphatic rings. The molecule has 0 fully saturated rings. The van der Waals surface area contributed by atoms with Gasteiger partial charge in [-0.05, 0) is 65.8 Å². The zero-order valence-corrected chi connectivity index (χ0v) is 17.5. The van der Waals surface area contributed by atoms with Gasteiger partial charge in [0, 0.05) is 11.1 Å². The minimum Gasteiger partial charge on any atom is -0.493 e. The highest BCUT2D eigenvalue weighted by atomic mass is 35.5. The molecule has 0 aromatic heterocycles. The van der Waals surface area contributed by atoms with Crippen LogP contribution in [0, 0.1) is 12.8 Å². The fourth-order valence-corrected chi connectivity index (χ4v) is 3.91. The van der Waals surface area contributed by atoms with Crippen molar-refractivity contribution < 1.29 is 19.4 Å². The number of carboxylic acids is 1. The minimum absolute atomic E-state index is 0.397. The molecule has 4 rings (SSSR count). The molecule has 3 aromatic carbocycles. The number of ether oxygens (including phenoxy) is 2. The van der Waals surface area contributed by atoms with Crippen molar-refractivity contribution >= 4 is 17.6 Å². The van der Waals surface area contributed by atoms with Crippen LogP contribution >= 0.6 is 11.6 Å². The molecule has 0 bridgehead atoms. The van der Waals surface area contributed by atoms with E-state index in [9.17, 15) is 9.90 Å². The predicted octanol–water partition coefficient (Wildman–Crippen LogP) is 5.92. The largest absolute Gasteiger partial charge is 0.493 e. The molecule has 0 amide bonds. The van der Waals surface area contributed by atoms with Gasteiger partial charge in [0.25, 0.3) is 0 Å². The molecule has 1 aliphatic heterocycles. The Labute approximate surface area is 181 Å². The van der Waals surface area contributed by atoms with Crippen LogP contribution in [0.2, 0.25) is 5.02 Å². The van der Waals surface area contributed by atoms with Crippen molar-refractivity contribution in [3.05, 3.63) is 82.4 Å². The van der Waals surface area contributed by atoms with Crippen LogP contribution in [0.25, 0.3) is 11.1 Å². The molecule has 1 N–H and O–H groups in total.